The predicted octanol–water partition coefficient (Wildman–Crippen LogP) is 2.43. The second kappa shape index (κ2) is 6.31. The van der Waals surface area contributed by atoms with Gasteiger partial charge in [0.15, 0.2) is 5.65 Å². The van der Waals surface area contributed by atoms with Gasteiger partial charge in [0.05, 0.1) is 17.2 Å². The molecule has 3 aromatic heterocycles. The standard InChI is InChI=1S/C16H20N6O2/c1-5-9(2)24-12-8-11(6-7-17-12)16(23)18-14-13-10(3)21-22(4)15(13)20-19-14/h6-9H,5H2,1-4H3,(H2,18,19,20,23)/t9-/m0/s1. The second-order valence-corrected chi connectivity index (χ2v) is 5.68. The topological polar surface area (TPSA) is 97.7 Å². The molecule has 8 heteroatoms. The van der Waals surface area contributed by atoms with Crippen molar-refractivity contribution in [3.63, 3.8) is 0 Å². The summed E-state index contributed by atoms with van der Waals surface area (Å²) in [5.41, 5.74) is 1.96. The molecule has 3 rings (SSSR count). The summed E-state index contributed by atoms with van der Waals surface area (Å²) in [4.78, 5) is 16.7. The van der Waals surface area contributed by atoms with E-state index in [4.69, 9.17) is 4.74 Å². The van der Waals surface area contributed by atoms with E-state index in [0.717, 1.165) is 17.5 Å². The van der Waals surface area contributed by atoms with Crippen LogP contribution in [0.3, 0.4) is 0 Å². The van der Waals surface area contributed by atoms with Crippen LogP contribution in [0, 0.1) is 6.92 Å². The van der Waals surface area contributed by atoms with E-state index >= 15 is 0 Å². The molecule has 0 spiro atoms. The van der Waals surface area contributed by atoms with Crippen LogP contribution >= 0.6 is 0 Å². The molecule has 1 amide bonds. The van der Waals surface area contributed by atoms with E-state index in [1.54, 1.807) is 23.0 Å². The summed E-state index contributed by atoms with van der Waals surface area (Å²) in [6.07, 6.45) is 2.47. The zero-order valence-electron chi connectivity index (χ0n) is 14.1. The number of carbonyl (C=O) groups is 1. The summed E-state index contributed by atoms with van der Waals surface area (Å²) >= 11 is 0. The van der Waals surface area contributed by atoms with Crippen LogP contribution in [-0.2, 0) is 7.05 Å². The SMILES string of the molecule is CC[C@H](C)Oc1cc(C(=O)Nc2[nH]nc3c2c(C)nn3C)ccn1. The largest absolute Gasteiger partial charge is 0.475 e. The van der Waals surface area contributed by atoms with Crippen molar-refractivity contribution in [1.82, 2.24) is 25.0 Å². The Labute approximate surface area is 139 Å². The zero-order chi connectivity index (χ0) is 17.3. The summed E-state index contributed by atoms with van der Waals surface area (Å²) in [6, 6.07) is 3.27. The van der Waals surface area contributed by atoms with E-state index in [0.29, 0.717) is 22.9 Å². The van der Waals surface area contributed by atoms with Gasteiger partial charge >= 0.3 is 0 Å². The van der Waals surface area contributed by atoms with Crippen molar-refractivity contribution in [2.24, 2.45) is 7.05 Å². The molecule has 24 heavy (non-hydrogen) atoms. The number of rotatable bonds is 5. The minimum atomic E-state index is -0.264. The van der Waals surface area contributed by atoms with Gasteiger partial charge in [0.2, 0.25) is 5.88 Å². The molecule has 2 N–H and O–H groups in total. The maximum absolute atomic E-state index is 12.5. The Morgan fingerprint density at radius 3 is 3.04 bits per heavy atom. The molecule has 0 radical (unpaired) electrons. The van der Waals surface area contributed by atoms with Gasteiger partial charge in [-0.2, -0.15) is 10.2 Å². The van der Waals surface area contributed by atoms with Gasteiger partial charge in [-0.3, -0.25) is 9.89 Å². The van der Waals surface area contributed by atoms with Gasteiger partial charge in [0, 0.05) is 24.9 Å². The van der Waals surface area contributed by atoms with Crippen molar-refractivity contribution in [2.75, 3.05) is 5.32 Å². The number of ether oxygens (including phenoxy) is 1. The highest BCUT2D eigenvalue weighted by atomic mass is 16.5. The lowest BCUT2D eigenvalue weighted by Gasteiger charge is -2.12. The number of aromatic nitrogens is 5. The third kappa shape index (κ3) is 2.94. The Bertz CT molecular complexity index is 882. The van der Waals surface area contributed by atoms with Crippen molar-refractivity contribution < 1.29 is 9.53 Å². The van der Waals surface area contributed by atoms with Crippen LogP contribution in [0.5, 0.6) is 5.88 Å². The fraction of sp³-hybridized carbons (Fsp3) is 0.375. The van der Waals surface area contributed by atoms with Gasteiger partial charge in [-0.25, -0.2) is 9.67 Å². The number of fused-ring (bicyclic) bond motifs is 1. The molecule has 8 nitrogen and oxygen atoms in total. The van der Waals surface area contributed by atoms with E-state index in [1.165, 1.54) is 0 Å². The average Bonchev–Trinajstić information content (AvgIpc) is 3.10. The van der Waals surface area contributed by atoms with Crippen LogP contribution in [0.15, 0.2) is 18.3 Å². The summed E-state index contributed by atoms with van der Waals surface area (Å²) in [6.45, 7) is 5.86. The van der Waals surface area contributed by atoms with Crippen molar-refractivity contribution in [2.45, 2.75) is 33.3 Å². The smallest absolute Gasteiger partial charge is 0.257 e. The number of nitrogens with one attached hydrogen (secondary N) is 2. The van der Waals surface area contributed by atoms with Gasteiger partial charge in [0.25, 0.3) is 5.91 Å². The third-order valence-corrected chi connectivity index (χ3v) is 3.85. The lowest BCUT2D eigenvalue weighted by molar-refractivity contribution is 0.102. The lowest BCUT2D eigenvalue weighted by atomic mass is 10.2. The monoisotopic (exact) mass is 328 g/mol. The van der Waals surface area contributed by atoms with Gasteiger partial charge in [-0.05, 0) is 26.3 Å². The van der Waals surface area contributed by atoms with Crippen molar-refractivity contribution >= 4 is 22.8 Å². The molecule has 1 atom stereocenters. The minimum Gasteiger partial charge on any atom is -0.475 e. The molecule has 0 aliphatic heterocycles. The minimum absolute atomic E-state index is 0.0427. The van der Waals surface area contributed by atoms with Crippen molar-refractivity contribution in [3.05, 3.63) is 29.6 Å². The molecule has 3 aromatic rings. The van der Waals surface area contributed by atoms with Crippen LogP contribution in [0.1, 0.15) is 36.3 Å². The highest BCUT2D eigenvalue weighted by molar-refractivity contribution is 6.08. The molecule has 0 aromatic carbocycles. The highest BCUT2D eigenvalue weighted by Gasteiger charge is 2.17. The van der Waals surface area contributed by atoms with Crippen LogP contribution in [0.4, 0.5) is 5.82 Å². The number of carbonyl (C=O) groups excluding carboxylic acids is 1. The quantitative estimate of drug-likeness (QED) is 0.749. The average molecular weight is 328 g/mol. The van der Waals surface area contributed by atoms with E-state index in [2.05, 4.69) is 25.6 Å². The molecule has 0 saturated carbocycles. The summed E-state index contributed by atoms with van der Waals surface area (Å²) in [5, 5.41) is 15.0. The lowest BCUT2D eigenvalue weighted by Crippen LogP contribution is -2.14. The predicted molar refractivity (Wildman–Crippen MR) is 90.2 cm³/mol. The first-order chi connectivity index (χ1) is 11.5. The molecule has 0 fully saturated rings. The number of nitrogens with zero attached hydrogens (tertiary/aromatic N) is 4. The summed E-state index contributed by atoms with van der Waals surface area (Å²) in [7, 11) is 1.81. The number of amides is 1. The van der Waals surface area contributed by atoms with Crippen LogP contribution < -0.4 is 10.1 Å². The van der Waals surface area contributed by atoms with E-state index in [1.807, 2.05) is 27.8 Å². The maximum Gasteiger partial charge on any atom is 0.257 e. The third-order valence-electron chi connectivity index (χ3n) is 3.85. The Balaban J connectivity index is 1.83. The first-order valence-corrected chi connectivity index (χ1v) is 7.81. The zero-order valence-corrected chi connectivity index (χ0v) is 14.1. The van der Waals surface area contributed by atoms with E-state index in [-0.39, 0.29) is 12.0 Å². The first kappa shape index (κ1) is 16.0. The molecular weight excluding hydrogens is 308 g/mol. The molecule has 3 heterocycles. The maximum atomic E-state index is 12.5. The summed E-state index contributed by atoms with van der Waals surface area (Å²) < 4.78 is 7.33. The highest BCUT2D eigenvalue weighted by Crippen LogP contribution is 2.24. The number of aromatic amines is 1. The van der Waals surface area contributed by atoms with Crippen LogP contribution in [0.25, 0.3) is 11.0 Å². The Hall–Kier alpha value is -2.90. The molecule has 0 unspecified atom stereocenters. The molecule has 126 valence electrons. The number of aryl methyl sites for hydroxylation is 2. The number of anilines is 1. The molecule has 0 aliphatic rings. The van der Waals surface area contributed by atoms with Crippen molar-refractivity contribution in [3.8, 4) is 5.88 Å². The Morgan fingerprint density at radius 1 is 1.50 bits per heavy atom. The van der Waals surface area contributed by atoms with Crippen LogP contribution in [-0.4, -0.2) is 37.0 Å². The van der Waals surface area contributed by atoms with Gasteiger partial charge in [0.1, 0.15) is 5.82 Å². The molecule has 0 bridgehead atoms. The number of hydrogen-bond donors (Lipinski definition) is 2. The Kier molecular flexibility index (Phi) is 4.20. The Morgan fingerprint density at radius 2 is 2.29 bits per heavy atom. The molecular formula is C16H20N6O2. The fourth-order valence-electron chi connectivity index (χ4n) is 2.41. The number of H-pyrrole nitrogens is 1. The molecule has 0 aliphatic carbocycles. The van der Waals surface area contributed by atoms with Gasteiger partial charge < -0.3 is 10.1 Å². The first-order valence-electron chi connectivity index (χ1n) is 7.81. The van der Waals surface area contributed by atoms with Crippen molar-refractivity contribution in [1.29, 1.82) is 0 Å². The van der Waals surface area contributed by atoms with Gasteiger partial charge in [-0.1, -0.05) is 6.92 Å². The van der Waals surface area contributed by atoms with Crippen LogP contribution in [0.2, 0.25) is 0 Å². The normalized spacial score (nSPS) is 12.3. The van der Waals surface area contributed by atoms with E-state index in [9.17, 15) is 4.79 Å². The van der Waals surface area contributed by atoms with E-state index < -0.39 is 0 Å². The number of pyridine rings is 1. The fourth-order valence-corrected chi connectivity index (χ4v) is 2.41. The number of hydrogen-bond acceptors (Lipinski definition) is 5. The second-order valence-electron chi connectivity index (χ2n) is 5.68. The molecule has 0 saturated heterocycles. The summed E-state index contributed by atoms with van der Waals surface area (Å²) in [5.74, 6) is 0.700. The van der Waals surface area contributed by atoms with Gasteiger partial charge in [-0.15, -0.1) is 0 Å².